The van der Waals surface area contributed by atoms with Crippen molar-refractivity contribution in [1.82, 2.24) is 0 Å². The summed E-state index contributed by atoms with van der Waals surface area (Å²) in [4.78, 5) is 12.4. The highest BCUT2D eigenvalue weighted by Gasteiger charge is 2.13. The summed E-state index contributed by atoms with van der Waals surface area (Å²) in [5.41, 5.74) is 0.889. The minimum Gasteiger partial charge on any atom is -0.497 e. The number of halogens is 1. The highest BCUT2D eigenvalue weighted by atomic mass is 35.5. The number of ether oxygens (including phenoxy) is 3. The fraction of sp³-hybridized carbons (Fsp3) is 0.188. The van der Waals surface area contributed by atoms with E-state index in [0.29, 0.717) is 33.5 Å². The highest BCUT2D eigenvalue weighted by Crippen LogP contribution is 2.29. The first-order chi connectivity index (χ1) is 10.6. The van der Waals surface area contributed by atoms with E-state index in [1.54, 1.807) is 36.4 Å². The average molecular weight is 322 g/mol. The van der Waals surface area contributed by atoms with Gasteiger partial charge in [-0.1, -0.05) is 11.6 Å². The van der Waals surface area contributed by atoms with Crippen molar-refractivity contribution in [3.63, 3.8) is 0 Å². The van der Waals surface area contributed by atoms with Crippen LogP contribution in [-0.4, -0.2) is 27.2 Å². The molecule has 2 aromatic carbocycles. The molecule has 1 amide bonds. The zero-order valence-electron chi connectivity index (χ0n) is 12.5. The van der Waals surface area contributed by atoms with Crippen molar-refractivity contribution < 1.29 is 19.0 Å². The molecule has 0 aliphatic carbocycles. The smallest absolute Gasteiger partial charge is 0.256 e. The Labute approximate surface area is 133 Å². The molecule has 0 saturated carbocycles. The van der Waals surface area contributed by atoms with E-state index < -0.39 is 0 Å². The zero-order chi connectivity index (χ0) is 16.1. The van der Waals surface area contributed by atoms with Crippen LogP contribution in [0.15, 0.2) is 36.4 Å². The number of methoxy groups -OCH3 is 3. The minimum absolute atomic E-state index is 0.322. The van der Waals surface area contributed by atoms with Gasteiger partial charge in [-0.3, -0.25) is 4.79 Å². The van der Waals surface area contributed by atoms with Gasteiger partial charge in [0.05, 0.1) is 27.0 Å². The molecule has 0 aliphatic rings. The van der Waals surface area contributed by atoms with E-state index in [2.05, 4.69) is 5.32 Å². The van der Waals surface area contributed by atoms with E-state index in [0.717, 1.165) is 0 Å². The summed E-state index contributed by atoms with van der Waals surface area (Å²) in [5.74, 6) is 1.26. The van der Waals surface area contributed by atoms with Crippen LogP contribution >= 0.6 is 11.6 Å². The molecular weight excluding hydrogens is 306 g/mol. The second-order valence-electron chi connectivity index (χ2n) is 4.40. The number of nitrogens with one attached hydrogen (secondary N) is 1. The lowest BCUT2D eigenvalue weighted by Crippen LogP contribution is -2.13. The highest BCUT2D eigenvalue weighted by molar-refractivity contribution is 6.31. The van der Waals surface area contributed by atoms with Gasteiger partial charge in [0, 0.05) is 16.7 Å². The van der Waals surface area contributed by atoms with E-state index in [1.807, 2.05) is 0 Å². The Morgan fingerprint density at radius 2 is 1.59 bits per heavy atom. The van der Waals surface area contributed by atoms with Gasteiger partial charge in [0.1, 0.15) is 17.2 Å². The first kappa shape index (κ1) is 16.0. The molecule has 0 fully saturated rings. The van der Waals surface area contributed by atoms with Crippen molar-refractivity contribution in [2.75, 3.05) is 26.6 Å². The number of amides is 1. The molecule has 0 bridgehead atoms. The van der Waals surface area contributed by atoms with Gasteiger partial charge in [0.15, 0.2) is 0 Å². The van der Waals surface area contributed by atoms with Gasteiger partial charge in [0.2, 0.25) is 0 Å². The summed E-state index contributed by atoms with van der Waals surface area (Å²) in [6.07, 6.45) is 0. The van der Waals surface area contributed by atoms with Crippen LogP contribution in [0.3, 0.4) is 0 Å². The molecular formula is C16H16ClNO4. The van der Waals surface area contributed by atoms with Crippen LogP contribution in [0.5, 0.6) is 17.2 Å². The van der Waals surface area contributed by atoms with E-state index in [4.69, 9.17) is 25.8 Å². The van der Waals surface area contributed by atoms with E-state index in [-0.39, 0.29) is 5.91 Å². The Bertz CT molecular complexity index is 666. The van der Waals surface area contributed by atoms with Crippen molar-refractivity contribution >= 4 is 23.2 Å². The van der Waals surface area contributed by atoms with Crippen LogP contribution in [0.1, 0.15) is 10.4 Å². The molecule has 0 aliphatic heterocycles. The predicted octanol–water partition coefficient (Wildman–Crippen LogP) is 3.62. The molecule has 0 heterocycles. The second-order valence-corrected chi connectivity index (χ2v) is 4.84. The quantitative estimate of drug-likeness (QED) is 0.914. The molecule has 0 radical (unpaired) electrons. The second kappa shape index (κ2) is 7.04. The molecule has 22 heavy (non-hydrogen) atoms. The molecule has 0 atom stereocenters. The topological polar surface area (TPSA) is 56.8 Å². The van der Waals surface area contributed by atoms with Gasteiger partial charge in [-0.2, -0.15) is 0 Å². The van der Waals surface area contributed by atoms with Crippen molar-refractivity contribution in [2.45, 2.75) is 0 Å². The monoisotopic (exact) mass is 321 g/mol. The maximum absolute atomic E-state index is 12.4. The summed E-state index contributed by atoms with van der Waals surface area (Å²) in [6.45, 7) is 0. The van der Waals surface area contributed by atoms with Gasteiger partial charge in [-0.05, 0) is 30.3 Å². The average Bonchev–Trinajstić information content (AvgIpc) is 2.54. The fourth-order valence-electron chi connectivity index (χ4n) is 1.91. The van der Waals surface area contributed by atoms with Gasteiger partial charge < -0.3 is 19.5 Å². The zero-order valence-corrected chi connectivity index (χ0v) is 13.2. The molecule has 0 saturated heterocycles. The maximum Gasteiger partial charge on any atom is 0.256 e. The largest absolute Gasteiger partial charge is 0.497 e. The maximum atomic E-state index is 12.4. The molecule has 2 rings (SSSR count). The molecule has 5 nitrogen and oxygen atoms in total. The van der Waals surface area contributed by atoms with Crippen molar-refractivity contribution in [3.05, 3.63) is 47.0 Å². The summed E-state index contributed by atoms with van der Waals surface area (Å²) in [5, 5.41) is 3.26. The third kappa shape index (κ3) is 3.62. The third-order valence-corrected chi connectivity index (χ3v) is 3.26. The summed E-state index contributed by atoms with van der Waals surface area (Å²) in [6, 6.07) is 9.92. The molecule has 2 aromatic rings. The Balaban J connectivity index is 2.31. The summed E-state index contributed by atoms with van der Waals surface area (Å²) < 4.78 is 15.5. The fourth-order valence-corrected chi connectivity index (χ4v) is 2.08. The Hall–Kier alpha value is -2.40. The predicted molar refractivity (Wildman–Crippen MR) is 85.5 cm³/mol. The summed E-state index contributed by atoms with van der Waals surface area (Å²) >= 11 is 5.95. The molecule has 0 unspecified atom stereocenters. The number of rotatable bonds is 5. The van der Waals surface area contributed by atoms with Crippen LogP contribution in [0.4, 0.5) is 5.69 Å². The Kier molecular flexibility index (Phi) is 5.12. The van der Waals surface area contributed by atoms with Crippen LogP contribution in [0, 0.1) is 0 Å². The lowest BCUT2D eigenvalue weighted by atomic mass is 10.1. The van der Waals surface area contributed by atoms with Crippen LogP contribution in [0.25, 0.3) is 0 Å². The van der Waals surface area contributed by atoms with Crippen LogP contribution in [0.2, 0.25) is 5.02 Å². The van der Waals surface area contributed by atoms with Crippen molar-refractivity contribution in [3.8, 4) is 17.2 Å². The van der Waals surface area contributed by atoms with E-state index in [9.17, 15) is 4.79 Å². The number of benzene rings is 2. The normalized spacial score (nSPS) is 10.0. The molecule has 0 spiro atoms. The molecule has 116 valence electrons. The summed E-state index contributed by atoms with van der Waals surface area (Å²) in [7, 11) is 4.57. The Morgan fingerprint density at radius 1 is 0.955 bits per heavy atom. The van der Waals surface area contributed by atoms with Gasteiger partial charge >= 0.3 is 0 Å². The lowest BCUT2D eigenvalue weighted by Gasteiger charge is -2.12. The van der Waals surface area contributed by atoms with Crippen molar-refractivity contribution in [2.24, 2.45) is 0 Å². The lowest BCUT2D eigenvalue weighted by molar-refractivity contribution is 0.102. The van der Waals surface area contributed by atoms with E-state index >= 15 is 0 Å². The first-order valence-corrected chi connectivity index (χ1v) is 6.83. The third-order valence-electron chi connectivity index (χ3n) is 3.02. The molecule has 1 N–H and O–H groups in total. The van der Waals surface area contributed by atoms with Gasteiger partial charge in [0.25, 0.3) is 5.91 Å². The molecule has 0 aromatic heterocycles. The molecule has 6 heteroatoms. The minimum atomic E-state index is -0.322. The van der Waals surface area contributed by atoms with Gasteiger partial charge in [-0.15, -0.1) is 0 Å². The number of carbonyl (C=O) groups excluding carboxylic acids is 1. The SMILES string of the molecule is COc1cc(OC)cc(C(=O)Nc2cc(Cl)ccc2OC)c1. The first-order valence-electron chi connectivity index (χ1n) is 6.45. The number of hydrogen-bond acceptors (Lipinski definition) is 4. The number of carbonyl (C=O) groups is 1. The van der Waals surface area contributed by atoms with Crippen LogP contribution in [-0.2, 0) is 0 Å². The number of anilines is 1. The van der Waals surface area contributed by atoms with Crippen LogP contribution < -0.4 is 19.5 Å². The standard InChI is InChI=1S/C16H16ClNO4/c1-20-12-6-10(7-13(9-12)21-2)16(19)18-14-8-11(17)4-5-15(14)22-3/h4-9H,1-3H3,(H,18,19). The van der Waals surface area contributed by atoms with E-state index in [1.165, 1.54) is 21.3 Å². The van der Waals surface area contributed by atoms with Gasteiger partial charge in [-0.25, -0.2) is 0 Å². The number of hydrogen-bond donors (Lipinski definition) is 1. The van der Waals surface area contributed by atoms with Crippen molar-refractivity contribution in [1.29, 1.82) is 0 Å². The Morgan fingerprint density at radius 3 is 2.14 bits per heavy atom.